The standard InChI is InChI=1S/C9H11N5O2.BrH/c10-12-6-11-13(7-12)5-8-1-3-9(4-2-8)14(15)16;/h1-4,6H,5,7,10H2;1H. The molecule has 0 aromatic heterocycles. The molecule has 92 valence electrons. The van der Waals surface area contributed by atoms with Crippen molar-refractivity contribution in [1.82, 2.24) is 5.01 Å². The smallest absolute Gasteiger partial charge is 0.269 e. The van der Waals surface area contributed by atoms with Crippen LogP contribution in [0.5, 0.6) is 0 Å². The first-order valence-electron chi connectivity index (χ1n) is 4.79. The topological polar surface area (TPSA) is 89.2 Å². The molecule has 1 heterocycles. The minimum Gasteiger partial charge on any atom is -1.00 e. The number of hydrogen-bond acceptors (Lipinski definition) is 5. The highest BCUT2D eigenvalue weighted by molar-refractivity contribution is 5.53. The summed E-state index contributed by atoms with van der Waals surface area (Å²) in [4.78, 5) is 10.0. The lowest BCUT2D eigenvalue weighted by atomic mass is 10.2. The predicted octanol–water partition coefficient (Wildman–Crippen LogP) is -3.93. The Morgan fingerprint density at radius 2 is 2.12 bits per heavy atom. The average molecular weight is 302 g/mol. The van der Waals surface area contributed by atoms with Gasteiger partial charge in [0.1, 0.15) is 6.54 Å². The van der Waals surface area contributed by atoms with Gasteiger partial charge in [0, 0.05) is 17.7 Å². The number of hydrogen-bond donors (Lipinski definition) is 2. The lowest BCUT2D eigenvalue weighted by Crippen LogP contribution is -3.05. The summed E-state index contributed by atoms with van der Waals surface area (Å²) < 4.78 is 0. The van der Waals surface area contributed by atoms with Gasteiger partial charge in [-0.1, -0.05) is 5.10 Å². The van der Waals surface area contributed by atoms with Gasteiger partial charge in [0.2, 0.25) is 0 Å². The Labute approximate surface area is 108 Å². The number of benzene rings is 1. The van der Waals surface area contributed by atoms with Crippen molar-refractivity contribution in [2.75, 3.05) is 6.67 Å². The fourth-order valence-corrected chi connectivity index (χ4v) is 1.52. The molecule has 0 amide bonds. The summed E-state index contributed by atoms with van der Waals surface area (Å²) in [7, 11) is 0. The fourth-order valence-electron chi connectivity index (χ4n) is 1.52. The van der Waals surface area contributed by atoms with Crippen LogP contribution in [0.15, 0.2) is 29.4 Å². The lowest BCUT2D eigenvalue weighted by molar-refractivity contribution is -0.921. The molecule has 0 saturated carbocycles. The van der Waals surface area contributed by atoms with Gasteiger partial charge in [-0.15, -0.1) is 0 Å². The van der Waals surface area contributed by atoms with Gasteiger partial charge >= 0.3 is 0 Å². The molecule has 0 saturated heterocycles. The van der Waals surface area contributed by atoms with Crippen LogP contribution in [0.1, 0.15) is 5.56 Å². The molecule has 1 aliphatic heterocycles. The van der Waals surface area contributed by atoms with Crippen LogP contribution >= 0.6 is 0 Å². The lowest BCUT2D eigenvalue weighted by Gasteiger charge is -2.09. The normalized spacial score (nSPS) is 17.9. The maximum Gasteiger partial charge on any atom is 0.269 e. The van der Waals surface area contributed by atoms with Crippen LogP contribution in [-0.2, 0) is 6.54 Å². The summed E-state index contributed by atoms with van der Waals surface area (Å²) in [6, 6.07) is 6.46. The van der Waals surface area contributed by atoms with E-state index in [4.69, 9.17) is 5.84 Å². The first-order valence-corrected chi connectivity index (χ1v) is 4.79. The van der Waals surface area contributed by atoms with E-state index >= 15 is 0 Å². The fraction of sp³-hybridized carbons (Fsp3) is 0.222. The second-order valence-electron chi connectivity index (χ2n) is 3.58. The van der Waals surface area contributed by atoms with Gasteiger partial charge < -0.3 is 17.0 Å². The second kappa shape index (κ2) is 5.71. The number of rotatable bonds is 3. The van der Waals surface area contributed by atoms with E-state index in [0.29, 0.717) is 13.2 Å². The van der Waals surface area contributed by atoms with E-state index < -0.39 is 4.92 Å². The molecule has 3 N–H and O–H groups in total. The van der Waals surface area contributed by atoms with Crippen LogP contribution < -0.4 is 27.8 Å². The van der Waals surface area contributed by atoms with Gasteiger partial charge in [-0.25, -0.2) is 10.9 Å². The number of halogens is 1. The second-order valence-corrected chi connectivity index (χ2v) is 3.58. The largest absolute Gasteiger partial charge is 1.00 e. The van der Waals surface area contributed by atoms with Crippen LogP contribution in [-0.4, -0.2) is 22.9 Å². The third kappa shape index (κ3) is 3.48. The summed E-state index contributed by atoms with van der Waals surface area (Å²) in [5, 5.41) is 17.0. The van der Waals surface area contributed by atoms with Crippen LogP contribution in [0.25, 0.3) is 0 Å². The highest BCUT2D eigenvalue weighted by Crippen LogP contribution is 2.11. The number of nitro benzene ring substituents is 1. The van der Waals surface area contributed by atoms with E-state index in [1.165, 1.54) is 17.1 Å². The van der Waals surface area contributed by atoms with Crippen LogP contribution in [0, 0.1) is 10.1 Å². The summed E-state index contributed by atoms with van der Waals surface area (Å²) in [5.41, 5.74) is 1.09. The molecule has 0 spiro atoms. The maximum atomic E-state index is 10.5. The Kier molecular flexibility index (Phi) is 4.55. The van der Waals surface area contributed by atoms with Gasteiger partial charge in [0.15, 0.2) is 13.0 Å². The third-order valence-corrected chi connectivity index (χ3v) is 2.31. The van der Waals surface area contributed by atoms with Crippen molar-refractivity contribution in [3.63, 3.8) is 0 Å². The summed E-state index contributed by atoms with van der Waals surface area (Å²) in [6.07, 6.45) is 1.57. The average Bonchev–Trinajstić information content (AvgIpc) is 2.65. The van der Waals surface area contributed by atoms with Crippen molar-refractivity contribution in [3.05, 3.63) is 39.9 Å². The van der Waals surface area contributed by atoms with Crippen molar-refractivity contribution in [3.8, 4) is 0 Å². The number of non-ortho nitro benzene ring substituents is 1. The zero-order valence-corrected chi connectivity index (χ0v) is 10.5. The highest BCUT2D eigenvalue weighted by atomic mass is 79.9. The number of nitrogens with zero attached hydrogens (tertiary/aromatic N) is 3. The molecule has 1 aromatic rings. The third-order valence-electron chi connectivity index (χ3n) is 2.31. The Morgan fingerprint density at radius 3 is 2.59 bits per heavy atom. The van der Waals surface area contributed by atoms with E-state index in [9.17, 15) is 10.1 Å². The summed E-state index contributed by atoms with van der Waals surface area (Å²) in [6.45, 7) is 1.28. The number of nitrogens with two attached hydrogens (primary N) is 1. The monoisotopic (exact) mass is 301 g/mol. The number of nitro groups is 1. The summed E-state index contributed by atoms with van der Waals surface area (Å²) in [5.74, 6) is 5.52. The van der Waals surface area contributed by atoms with E-state index in [1.54, 1.807) is 18.5 Å². The molecular weight excluding hydrogens is 290 g/mol. The zero-order chi connectivity index (χ0) is 11.5. The van der Waals surface area contributed by atoms with Gasteiger partial charge in [-0.2, -0.15) is 5.01 Å². The molecule has 1 atom stereocenters. The molecule has 0 aliphatic carbocycles. The van der Waals surface area contributed by atoms with Crippen LogP contribution in [0.2, 0.25) is 0 Å². The molecule has 1 aromatic carbocycles. The van der Waals surface area contributed by atoms with Crippen LogP contribution in [0.4, 0.5) is 5.69 Å². The number of nitrogens with one attached hydrogen (secondary N) is 1. The molecule has 1 aliphatic rings. The first kappa shape index (κ1) is 13.6. The Bertz CT molecular complexity index is 422. The van der Waals surface area contributed by atoms with Crippen LogP contribution in [0.3, 0.4) is 0 Å². The Hall–Kier alpha value is -1.51. The van der Waals surface area contributed by atoms with Gasteiger partial charge in [0.25, 0.3) is 5.69 Å². The van der Waals surface area contributed by atoms with Crippen molar-refractivity contribution in [2.24, 2.45) is 10.9 Å². The molecule has 7 nitrogen and oxygen atoms in total. The molecular formula is C9H12BrN5O2. The first-order chi connectivity index (χ1) is 7.65. The molecule has 8 heteroatoms. The summed E-state index contributed by atoms with van der Waals surface area (Å²) >= 11 is 0. The van der Waals surface area contributed by atoms with E-state index in [1.807, 2.05) is 0 Å². The highest BCUT2D eigenvalue weighted by Gasteiger charge is 2.16. The van der Waals surface area contributed by atoms with E-state index in [0.717, 1.165) is 10.6 Å². The SMILES string of the molecule is NN1C=N[NH+](Cc2ccc([N+](=O)[O-])cc2)C1.[Br-]. The van der Waals surface area contributed by atoms with Gasteiger partial charge in [-0.05, 0) is 12.1 Å². The van der Waals surface area contributed by atoms with E-state index in [2.05, 4.69) is 5.10 Å². The minimum absolute atomic E-state index is 0. The van der Waals surface area contributed by atoms with Crippen molar-refractivity contribution in [2.45, 2.75) is 6.54 Å². The molecule has 0 fully saturated rings. The number of hydrazine groups is 1. The van der Waals surface area contributed by atoms with Crippen molar-refractivity contribution >= 4 is 12.0 Å². The molecule has 17 heavy (non-hydrogen) atoms. The Morgan fingerprint density at radius 1 is 1.47 bits per heavy atom. The quantitative estimate of drug-likeness (QED) is 0.339. The van der Waals surface area contributed by atoms with Crippen molar-refractivity contribution in [1.29, 1.82) is 0 Å². The Balaban J connectivity index is 0.00000144. The molecule has 0 bridgehead atoms. The molecule has 0 radical (unpaired) electrons. The number of quaternary nitrogens is 1. The zero-order valence-electron chi connectivity index (χ0n) is 8.91. The van der Waals surface area contributed by atoms with E-state index in [-0.39, 0.29) is 22.7 Å². The minimum atomic E-state index is -0.410. The van der Waals surface area contributed by atoms with Crippen molar-refractivity contribution < 1.29 is 26.9 Å². The van der Waals surface area contributed by atoms with Gasteiger partial charge in [0.05, 0.1) is 4.92 Å². The molecule has 2 rings (SSSR count). The molecule has 1 unspecified atom stereocenters. The van der Waals surface area contributed by atoms with Gasteiger partial charge in [-0.3, -0.25) is 10.1 Å². The predicted molar refractivity (Wildman–Crippen MR) is 57.1 cm³/mol. The maximum absolute atomic E-state index is 10.5.